The Morgan fingerprint density at radius 2 is 0.853 bits per heavy atom. The van der Waals surface area contributed by atoms with Crippen LogP contribution in [0.1, 0.15) is 62.3 Å². The fraction of sp³-hybridized carbons (Fsp3) is 0.634. The number of hydrogen-bond donors (Lipinski definition) is 0. The van der Waals surface area contributed by atoms with Crippen molar-refractivity contribution >= 4 is 59.4 Å². The van der Waals surface area contributed by atoms with Gasteiger partial charge < -0.3 is 71.1 Å². The first kappa shape index (κ1) is 54.1. The summed E-state index contributed by atoms with van der Waals surface area (Å²) in [6.45, 7) is 6.98. The zero-order valence-corrected chi connectivity index (χ0v) is 38.1. The third-order valence-corrected chi connectivity index (χ3v) is 9.48. The SMILES string of the molecule is CC(=O)OC[C@H]1O[C@@H](O[C@H]2[C@@H](OC(C)=O)[C@@H](COC(C)=O)O[C@@H](O[C@@H]3CO[C@@H](Oc4ccc([N+](=O)[O-])cc4)[C@H](OC(C)=O)[C@H]3OC(C)=O)[C@@H]2OC(C)=O)[C@H](OC(C)=O)[C@@H](OC(C)=O)[C@H]1OC(C)=O. The van der Waals surface area contributed by atoms with Crippen LogP contribution in [0.4, 0.5) is 5.69 Å². The zero-order valence-electron chi connectivity index (χ0n) is 38.1. The average molecular weight is 974 g/mol. The second-order valence-corrected chi connectivity index (χ2v) is 15.1. The predicted octanol–water partition coefficient (Wildman–Crippen LogP) is 0.198. The van der Waals surface area contributed by atoms with Crippen LogP contribution in [0.15, 0.2) is 24.3 Å². The number of hydrogen-bond acceptors (Lipinski definition) is 26. The molecular weight excluding hydrogens is 922 g/mol. The Kier molecular flexibility index (Phi) is 19.4. The van der Waals surface area contributed by atoms with Gasteiger partial charge in [0.05, 0.1) is 11.5 Å². The Hall–Kier alpha value is -6.55. The van der Waals surface area contributed by atoms with E-state index in [4.69, 9.17) is 71.1 Å². The van der Waals surface area contributed by atoms with Gasteiger partial charge in [0.15, 0.2) is 49.2 Å². The van der Waals surface area contributed by atoms with E-state index >= 15 is 0 Å². The van der Waals surface area contributed by atoms with Crippen molar-refractivity contribution in [3.8, 4) is 5.75 Å². The molecule has 0 N–H and O–H groups in total. The molecule has 0 radical (unpaired) electrons. The number of ether oxygens (including phenoxy) is 15. The Labute approximate surface area is 386 Å². The van der Waals surface area contributed by atoms with Crippen LogP contribution in [0.3, 0.4) is 0 Å². The molecule has 0 unspecified atom stereocenters. The van der Waals surface area contributed by atoms with Gasteiger partial charge in [-0.1, -0.05) is 0 Å². The van der Waals surface area contributed by atoms with Gasteiger partial charge >= 0.3 is 53.7 Å². The normalized spacial score (nSPS) is 29.9. The maximum Gasteiger partial charge on any atom is 0.303 e. The van der Waals surface area contributed by atoms with E-state index in [1.165, 1.54) is 12.1 Å². The van der Waals surface area contributed by atoms with Crippen molar-refractivity contribution in [1.29, 1.82) is 0 Å². The quantitative estimate of drug-likeness (QED) is 0.0820. The Morgan fingerprint density at radius 3 is 1.28 bits per heavy atom. The maximum absolute atomic E-state index is 13.0. The van der Waals surface area contributed by atoms with Crippen molar-refractivity contribution in [2.45, 2.75) is 148 Å². The van der Waals surface area contributed by atoms with E-state index in [0.717, 1.165) is 74.4 Å². The number of carbonyl (C=O) groups excluding carboxylic acids is 9. The van der Waals surface area contributed by atoms with E-state index in [9.17, 15) is 53.3 Å². The summed E-state index contributed by atoms with van der Waals surface area (Å²) < 4.78 is 86.1. The Bertz CT molecular complexity index is 2020. The van der Waals surface area contributed by atoms with E-state index in [2.05, 4.69) is 0 Å². The maximum atomic E-state index is 13.0. The van der Waals surface area contributed by atoms with Crippen molar-refractivity contribution in [1.82, 2.24) is 0 Å². The molecule has 1 aromatic carbocycles. The molecule has 68 heavy (non-hydrogen) atoms. The summed E-state index contributed by atoms with van der Waals surface area (Å²) in [7, 11) is 0. The van der Waals surface area contributed by atoms with Gasteiger partial charge in [-0.2, -0.15) is 0 Å². The fourth-order valence-electron chi connectivity index (χ4n) is 7.15. The molecule has 0 bridgehead atoms. The second-order valence-electron chi connectivity index (χ2n) is 15.1. The molecule has 1 aromatic rings. The lowest BCUT2D eigenvalue weighted by atomic mass is 9.95. The minimum Gasteiger partial charge on any atom is -0.463 e. The number of nitrogens with zero attached hydrogens (tertiary/aromatic N) is 1. The zero-order chi connectivity index (χ0) is 50.6. The summed E-state index contributed by atoms with van der Waals surface area (Å²) in [6.07, 6.45) is -24.5. The van der Waals surface area contributed by atoms with Gasteiger partial charge in [-0.05, 0) is 12.1 Å². The lowest BCUT2D eigenvalue weighted by molar-refractivity contribution is -0.384. The number of nitro groups is 1. The minimum absolute atomic E-state index is 0.00347. The number of esters is 9. The Morgan fingerprint density at radius 1 is 0.485 bits per heavy atom. The van der Waals surface area contributed by atoms with Gasteiger partial charge in [0.2, 0.25) is 12.4 Å². The summed E-state index contributed by atoms with van der Waals surface area (Å²) >= 11 is 0. The van der Waals surface area contributed by atoms with Crippen molar-refractivity contribution in [3.05, 3.63) is 34.4 Å². The molecule has 0 spiro atoms. The number of non-ortho nitro benzene ring substituents is 1. The molecule has 0 amide bonds. The smallest absolute Gasteiger partial charge is 0.303 e. The van der Waals surface area contributed by atoms with Gasteiger partial charge in [0.25, 0.3) is 5.69 Å². The van der Waals surface area contributed by atoms with Gasteiger partial charge in [0, 0.05) is 74.4 Å². The molecule has 0 aromatic heterocycles. The molecule has 3 saturated heterocycles. The molecule has 27 heteroatoms. The molecule has 4 rings (SSSR count). The van der Waals surface area contributed by atoms with Gasteiger partial charge in [0.1, 0.15) is 43.4 Å². The van der Waals surface area contributed by atoms with E-state index in [1.807, 2.05) is 0 Å². The highest BCUT2D eigenvalue weighted by Gasteiger charge is 2.59. The molecule has 3 aliphatic rings. The molecule has 3 heterocycles. The molecule has 3 fully saturated rings. The van der Waals surface area contributed by atoms with E-state index in [-0.39, 0.29) is 11.4 Å². The standard InChI is InChI=1S/C41H51NO26/c1-17(43)54-14-28-31(57-19(3)45)34(60-22(6)48)37(62-24(8)50)41(67-28)68-35-32(58-20(4)46)29(15-55-18(2)44)65-40(38(35)63-25(9)51)66-30-16-56-39(36(61-23(7)49)33(30)59-21(5)47)64-27-12-10-26(11-13-27)42(52)53/h10-13,28-41H,14-16H2,1-9H3/t28-,29-,30-,31+,32+,33+,34+,35+,36-,37-,38-,39+,40+,41+/m1/s1. The Balaban J connectivity index is 1.86. The first-order valence-corrected chi connectivity index (χ1v) is 20.6. The highest BCUT2D eigenvalue weighted by atomic mass is 16.8. The van der Waals surface area contributed by atoms with Crippen molar-refractivity contribution in [2.24, 2.45) is 0 Å². The average Bonchev–Trinajstić information content (AvgIpc) is 3.21. The summed E-state index contributed by atoms with van der Waals surface area (Å²) in [6, 6.07) is 4.70. The van der Waals surface area contributed by atoms with Crippen LogP contribution in [-0.2, 0) is 109 Å². The molecule has 0 aliphatic carbocycles. The second kappa shape index (κ2) is 24.5. The minimum atomic E-state index is -2.01. The van der Waals surface area contributed by atoms with E-state index in [0.29, 0.717) is 0 Å². The third kappa shape index (κ3) is 15.5. The van der Waals surface area contributed by atoms with Crippen molar-refractivity contribution in [3.63, 3.8) is 0 Å². The first-order valence-electron chi connectivity index (χ1n) is 20.6. The lowest BCUT2D eigenvalue weighted by Gasteiger charge is -2.49. The lowest BCUT2D eigenvalue weighted by Crippen LogP contribution is -2.68. The monoisotopic (exact) mass is 973 g/mol. The highest BCUT2D eigenvalue weighted by molar-refractivity contribution is 5.70. The van der Waals surface area contributed by atoms with Crippen molar-refractivity contribution in [2.75, 3.05) is 19.8 Å². The molecule has 0 saturated carbocycles. The highest BCUT2D eigenvalue weighted by Crippen LogP contribution is 2.37. The summed E-state index contributed by atoms with van der Waals surface area (Å²) in [5, 5.41) is 11.2. The van der Waals surface area contributed by atoms with E-state index in [1.54, 1.807) is 0 Å². The number of benzene rings is 1. The molecule has 27 nitrogen and oxygen atoms in total. The van der Waals surface area contributed by atoms with Crippen LogP contribution in [-0.4, -0.2) is 164 Å². The van der Waals surface area contributed by atoms with E-state index < -0.39 is 164 Å². The van der Waals surface area contributed by atoms with Crippen molar-refractivity contribution < 1.29 is 119 Å². The van der Waals surface area contributed by atoms with Crippen LogP contribution in [0.25, 0.3) is 0 Å². The predicted molar refractivity (Wildman–Crippen MR) is 213 cm³/mol. The third-order valence-electron chi connectivity index (χ3n) is 9.48. The van der Waals surface area contributed by atoms with Crippen LogP contribution >= 0.6 is 0 Å². The van der Waals surface area contributed by atoms with Crippen LogP contribution in [0, 0.1) is 10.1 Å². The van der Waals surface area contributed by atoms with Crippen LogP contribution < -0.4 is 4.74 Å². The summed E-state index contributed by atoms with van der Waals surface area (Å²) in [5.74, 6) is -8.56. The van der Waals surface area contributed by atoms with Gasteiger partial charge in [-0.3, -0.25) is 53.3 Å². The number of rotatable bonds is 18. The van der Waals surface area contributed by atoms with Gasteiger partial charge in [-0.15, -0.1) is 0 Å². The van der Waals surface area contributed by atoms with Crippen LogP contribution in [0.2, 0.25) is 0 Å². The molecule has 3 aliphatic heterocycles. The van der Waals surface area contributed by atoms with Crippen LogP contribution in [0.5, 0.6) is 5.75 Å². The number of nitro benzene ring substituents is 1. The first-order chi connectivity index (χ1) is 31.9. The summed E-state index contributed by atoms with van der Waals surface area (Å²) in [4.78, 5) is 123. The van der Waals surface area contributed by atoms with Gasteiger partial charge in [-0.25, -0.2) is 0 Å². The number of carbonyl (C=O) groups is 9. The largest absolute Gasteiger partial charge is 0.463 e. The molecular formula is C41H51NO26. The molecule has 14 atom stereocenters. The summed E-state index contributed by atoms with van der Waals surface area (Å²) in [5.41, 5.74) is -0.279. The molecule has 376 valence electrons. The fourth-order valence-corrected chi connectivity index (χ4v) is 7.15. The topological polar surface area (TPSA) is 335 Å².